The molecule has 1 aliphatic rings. The van der Waals surface area contributed by atoms with E-state index < -0.39 is 0 Å². The molecule has 0 saturated carbocycles. The number of nitrogens with zero attached hydrogens (tertiary/aromatic N) is 2. The van der Waals surface area contributed by atoms with Gasteiger partial charge in [-0.15, -0.1) is 0 Å². The normalized spacial score (nSPS) is 17.2. The van der Waals surface area contributed by atoms with Gasteiger partial charge in [0, 0.05) is 41.3 Å². The van der Waals surface area contributed by atoms with E-state index in [4.69, 9.17) is 23.2 Å². The molecule has 0 radical (unpaired) electrons. The Morgan fingerprint density at radius 3 is 2.83 bits per heavy atom. The number of nitrogens with one attached hydrogen (secondary N) is 1. The van der Waals surface area contributed by atoms with E-state index in [1.165, 1.54) is 6.07 Å². The molecule has 1 aromatic heterocycles. The van der Waals surface area contributed by atoms with Crippen LogP contribution in [0.5, 0.6) is 0 Å². The average molecular weight is 350 g/mol. The van der Waals surface area contributed by atoms with Crippen LogP contribution in [0.15, 0.2) is 53.9 Å². The van der Waals surface area contributed by atoms with Crippen molar-refractivity contribution in [2.75, 3.05) is 0 Å². The zero-order valence-electron chi connectivity index (χ0n) is 12.1. The maximum absolute atomic E-state index is 13.9. The minimum atomic E-state index is -0.320. The van der Waals surface area contributed by atoms with Crippen LogP contribution in [0.1, 0.15) is 17.5 Å². The molecule has 1 aliphatic heterocycles. The zero-order valence-corrected chi connectivity index (χ0v) is 13.7. The van der Waals surface area contributed by atoms with E-state index in [9.17, 15) is 4.39 Å². The summed E-state index contributed by atoms with van der Waals surface area (Å²) in [6, 6.07) is 6.47. The molecule has 1 N–H and O–H groups in total. The van der Waals surface area contributed by atoms with Crippen molar-refractivity contribution in [3.8, 4) is 0 Å². The van der Waals surface area contributed by atoms with Gasteiger partial charge in [-0.1, -0.05) is 35.3 Å². The van der Waals surface area contributed by atoms with Crippen LogP contribution in [-0.4, -0.2) is 16.7 Å². The van der Waals surface area contributed by atoms with Crippen LogP contribution in [0.25, 0.3) is 0 Å². The monoisotopic (exact) mass is 349 g/mol. The Kier molecular flexibility index (Phi) is 5.06. The van der Waals surface area contributed by atoms with Crippen LogP contribution in [0.4, 0.5) is 4.39 Å². The summed E-state index contributed by atoms with van der Waals surface area (Å²) in [7, 11) is 0. The van der Waals surface area contributed by atoms with Gasteiger partial charge in [-0.3, -0.25) is 9.98 Å². The largest absolute Gasteiger partial charge is 0.304 e. The van der Waals surface area contributed by atoms with Crippen LogP contribution < -0.4 is 5.32 Å². The maximum atomic E-state index is 13.9. The van der Waals surface area contributed by atoms with E-state index in [0.29, 0.717) is 22.2 Å². The number of halogens is 3. The quantitative estimate of drug-likeness (QED) is 0.888. The predicted octanol–water partition coefficient (Wildman–Crippen LogP) is 4.39. The minimum absolute atomic E-state index is 0.0321. The molecule has 2 aromatic rings. The van der Waals surface area contributed by atoms with Crippen molar-refractivity contribution >= 4 is 28.9 Å². The van der Waals surface area contributed by atoms with Crippen molar-refractivity contribution in [2.24, 2.45) is 4.99 Å². The van der Waals surface area contributed by atoms with E-state index in [0.717, 1.165) is 17.7 Å². The first-order chi connectivity index (χ1) is 11.1. The third-order valence-corrected chi connectivity index (χ3v) is 4.02. The molecule has 0 aliphatic carbocycles. The lowest BCUT2D eigenvalue weighted by Gasteiger charge is -2.22. The second kappa shape index (κ2) is 7.21. The van der Waals surface area contributed by atoms with E-state index in [1.807, 2.05) is 12.1 Å². The minimum Gasteiger partial charge on any atom is -0.304 e. The molecule has 0 saturated heterocycles. The molecule has 3 nitrogen and oxygen atoms in total. The first-order valence-corrected chi connectivity index (χ1v) is 7.90. The lowest BCUT2D eigenvalue weighted by atomic mass is 9.99. The number of hydrogen-bond donors (Lipinski definition) is 1. The highest BCUT2D eigenvalue weighted by Gasteiger charge is 2.19. The Labute approximate surface area is 143 Å². The summed E-state index contributed by atoms with van der Waals surface area (Å²) in [4.78, 5) is 8.53. The van der Waals surface area contributed by atoms with E-state index >= 15 is 0 Å². The van der Waals surface area contributed by atoms with Crippen molar-refractivity contribution in [3.05, 3.63) is 75.9 Å². The number of rotatable bonds is 4. The van der Waals surface area contributed by atoms with Gasteiger partial charge in [0.1, 0.15) is 5.82 Å². The third kappa shape index (κ3) is 3.96. The molecular weight excluding hydrogens is 336 g/mol. The molecule has 6 heteroatoms. The van der Waals surface area contributed by atoms with Crippen LogP contribution in [0.2, 0.25) is 10.0 Å². The average Bonchev–Trinajstić information content (AvgIpc) is 2.54. The van der Waals surface area contributed by atoms with Gasteiger partial charge in [0.05, 0.1) is 16.8 Å². The Morgan fingerprint density at radius 1 is 1.17 bits per heavy atom. The molecule has 0 bridgehead atoms. The number of pyridine rings is 1. The fraction of sp³-hybridized carbons (Fsp3) is 0.176. The van der Waals surface area contributed by atoms with E-state index in [2.05, 4.69) is 15.3 Å². The molecule has 0 fully saturated rings. The summed E-state index contributed by atoms with van der Waals surface area (Å²) >= 11 is 11.8. The molecule has 3 rings (SSSR count). The van der Waals surface area contributed by atoms with Crippen molar-refractivity contribution < 1.29 is 4.39 Å². The van der Waals surface area contributed by atoms with Gasteiger partial charge in [0.25, 0.3) is 0 Å². The highest BCUT2D eigenvalue weighted by molar-refractivity contribution is 6.31. The first-order valence-electron chi connectivity index (χ1n) is 7.14. The van der Waals surface area contributed by atoms with Crippen LogP contribution >= 0.6 is 23.2 Å². The summed E-state index contributed by atoms with van der Waals surface area (Å²) in [5.74, 6) is -0.320. The zero-order chi connectivity index (χ0) is 16.2. The van der Waals surface area contributed by atoms with Crippen LogP contribution in [0, 0.1) is 5.82 Å². The van der Waals surface area contributed by atoms with Gasteiger partial charge in [-0.2, -0.15) is 0 Å². The fourth-order valence-electron chi connectivity index (χ4n) is 2.44. The number of hydrogen-bond acceptors (Lipinski definition) is 3. The molecule has 0 spiro atoms. The number of benzene rings is 1. The summed E-state index contributed by atoms with van der Waals surface area (Å²) in [5.41, 5.74) is 2.26. The standard InChI is InChI=1S/C17H14Cl2FN3/c18-13-4-3-11(15(20)7-13)9-23-16-2-1-5-22-17(16)12-6-14(19)10-21-8-12/h1,3-8,10,16,23H,2,9H2. The Morgan fingerprint density at radius 2 is 2.04 bits per heavy atom. The number of aliphatic imine (C=N–C) groups is 1. The van der Waals surface area contributed by atoms with Gasteiger partial charge in [-0.05, 0) is 24.6 Å². The topological polar surface area (TPSA) is 37.3 Å². The Hall–Kier alpha value is -1.75. The molecule has 1 atom stereocenters. The van der Waals surface area contributed by atoms with E-state index in [1.54, 1.807) is 30.7 Å². The van der Waals surface area contributed by atoms with Gasteiger partial charge >= 0.3 is 0 Å². The van der Waals surface area contributed by atoms with Crippen LogP contribution in [-0.2, 0) is 6.54 Å². The fourth-order valence-corrected chi connectivity index (χ4v) is 2.77. The van der Waals surface area contributed by atoms with E-state index in [-0.39, 0.29) is 11.9 Å². The third-order valence-electron chi connectivity index (χ3n) is 3.58. The second-order valence-corrected chi connectivity index (χ2v) is 6.07. The van der Waals surface area contributed by atoms with Gasteiger partial charge < -0.3 is 5.32 Å². The highest BCUT2D eigenvalue weighted by Crippen LogP contribution is 2.18. The van der Waals surface area contributed by atoms with Crippen LogP contribution in [0.3, 0.4) is 0 Å². The molecule has 118 valence electrons. The maximum Gasteiger partial charge on any atom is 0.129 e. The Balaban J connectivity index is 1.76. The first kappa shape index (κ1) is 16.1. The summed E-state index contributed by atoms with van der Waals surface area (Å²) < 4.78 is 13.9. The molecule has 0 amide bonds. The molecule has 23 heavy (non-hydrogen) atoms. The number of aromatic nitrogens is 1. The second-order valence-electron chi connectivity index (χ2n) is 5.20. The Bertz CT molecular complexity index is 774. The highest BCUT2D eigenvalue weighted by atomic mass is 35.5. The van der Waals surface area contributed by atoms with Crippen molar-refractivity contribution in [2.45, 2.75) is 19.0 Å². The summed E-state index contributed by atoms with van der Waals surface area (Å²) in [6.45, 7) is 0.383. The SMILES string of the molecule is Fc1cc(Cl)ccc1CNC1CC=CN=C1c1cncc(Cl)c1. The van der Waals surface area contributed by atoms with Gasteiger partial charge in [-0.25, -0.2) is 4.39 Å². The molecular formula is C17H14Cl2FN3. The summed E-state index contributed by atoms with van der Waals surface area (Å²) in [5, 5.41) is 4.28. The molecule has 2 heterocycles. The van der Waals surface area contributed by atoms with Gasteiger partial charge in [0.2, 0.25) is 0 Å². The van der Waals surface area contributed by atoms with Gasteiger partial charge in [0.15, 0.2) is 0 Å². The summed E-state index contributed by atoms with van der Waals surface area (Å²) in [6.07, 6.45) is 7.80. The van der Waals surface area contributed by atoms with Crippen molar-refractivity contribution in [1.29, 1.82) is 0 Å². The van der Waals surface area contributed by atoms with Crippen molar-refractivity contribution in [3.63, 3.8) is 0 Å². The lowest BCUT2D eigenvalue weighted by Crippen LogP contribution is -2.37. The van der Waals surface area contributed by atoms with Crippen molar-refractivity contribution in [1.82, 2.24) is 10.3 Å². The molecule has 1 aromatic carbocycles. The predicted molar refractivity (Wildman–Crippen MR) is 91.6 cm³/mol. The smallest absolute Gasteiger partial charge is 0.129 e. The molecule has 1 unspecified atom stereocenters. The lowest BCUT2D eigenvalue weighted by molar-refractivity contribution is 0.568.